The zero-order chi connectivity index (χ0) is 13.3. The minimum Gasteiger partial charge on any atom is -0.497 e. The Morgan fingerprint density at radius 2 is 2.17 bits per heavy atom. The van der Waals surface area contributed by atoms with Crippen molar-refractivity contribution in [1.82, 2.24) is 9.97 Å². The minimum absolute atomic E-state index is 0.00634. The maximum absolute atomic E-state index is 10.6. The Kier molecular flexibility index (Phi) is 3.17. The van der Waals surface area contributed by atoms with Gasteiger partial charge in [0.1, 0.15) is 17.7 Å². The number of nitrogens with one attached hydrogen (secondary N) is 1. The normalized spacial score (nSPS) is 14.4. The molecule has 2 atom stereocenters. The SMILES string of the molecule is COc1ccc2nc(C(O)C(O)C(=O)O)[nH]c2c1. The number of hydrogen-bond donors (Lipinski definition) is 4. The fraction of sp³-hybridized carbons (Fsp3) is 0.273. The van der Waals surface area contributed by atoms with E-state index in [1.165, 1.54) is 7.11 Å². The Balaban J connectivity index is 2.37. The molecule has 0 aliphatic rings. The topological polar surface area (TPSA) is 116 Å². The molecule has 1 aromatic carbocycles. The quantitative estimate of drug-likeness (QED) is 0.611. The van der Waals surface area contributed by atoms with Gasteiger partial charge in [0.05, 0.1) is 18.1 Å². The molecule has 7 nitrogen and oxygen atoms in total. The van der Waals surface area contributed by atoms with Gasteiger partial charge in [-0.1, -0.05) is 0 Å². The van der Waals surface area contributed by atoms with E-state index in [0.717, 1.165) is 0 Å². The first-order valence-corrected chi connectivity index (χ1v) is 5.15. The van der Waals surface area contributed by atoms with E-state index in [0.29, 0.717) is 16.8 Å². The Hall–Kier alpha value is -2.12. The van der Waals surface area contributed by atoms with Crippen molar-refractivity contribution in [2.45, 2.75) is 12.2 Å². The van der Waals surface area contributed by atoms with Gasteiger partial charge in [-0.15, -0.1) is 0 Å². The molecule has 18 heavy (non-hydrogen) atoms. The highest BCUT2D eigenvalue weighted by Gasteiger charge is 2.27. The number of H-pyrrole nitrogens is 1. The van der Waals surface area contributed by atoms with Crippen LogP contribution in [0.3, 0.4) is 0 Å². The summed E-state index contributed by atoms with van der Waals surface area (Å²) in [5, 5.41) is 27.5. The van der Waals surface area contributed by atoms with Crippen molar-refractivity contribution in [1.29, 1.82) is 0 Å². The van der Waals surface area contributed by atoms with Gasteiger partial charge < -0.3 is 25.0 Å². The van der Waals surface area contributed by atoms with Crippen molar-refractivity contribution >= 4 is 17.0 Å². The summed E-state index contributed by atoms with van der Waals surface area (Å²) < 4.78 is 5.02. The van der Waals surface area contributed by atoms with Gasteiger partial charge in [0, 0.05) is 6.07 Å². The highest BCUT2D eigenvalue weighted by molar-refractivity contribution is 5.77. The van der Waals surface area contributed by atoms with Crippen LogP contribution in [0.4, 0.5) is 0 Å². The number of aromatic nitrogens is 2. The van der Waals surface area contributed by atoms with Crippen molar-refractivity contribution in [2.75, 3.05) is 7.11 Å². The van der Waals surface area contributed by atoms with Gasteiger partial charge in [-0.3, -0.25) is 0 Å². The van der Waals surface area contributed by atoms with E-state index < -0.39 is 18.2 Å². The first kappa shape index (κ1) is 12.3. The molecule has 0 spiro atoms. The van der Waals surface area contributed by atoms with Crippen LogP contribution in [0.1, 0.15) is 11.9 Å². The lowest BCUT2D eigenvalue weighted by atomic mass is 10.2. The molecule has 0 saturated heterocycles. The van der Waals surface area contributed by atoms with Crippen LogP contribution >= 0.6 is 0 Å². The van der Waals surface area contributed by atoms with Crippen molar-refractivity contribution in [3.63, 3.8) is 0 Å². The summed E-state index contributed by atoms with van der Waals surface area (Å²) in [6.45, 7) is 0. The number of hydrogen-bond acceptors (Lipinski definition) is 5. The van der Waals surface area contributed by atoms with Crippen LogP contribution in [0, 0.1) is 0 Å². The number of carboxylic acids is 1. The molecule has 2 unspecified atom stereocenters. The number of benzene rings is 1. The lowest BCUT2D eigenvalue weighted by Gasteiger charge is -2.10. The molecule has 0 aliphatic carbocycles. The molecule has 0 bridgehead atoms. The van der Waals surface area contributed by atoms with E-state index in [4.69, 9.17) is 9.84 Å². The van der Waals surface area contributed by atoms with E-state index >= 15 is 0 Å². The lowest BCUT2D eigenvalue weighted by Crippen LogP contribution is -2.28. The average molecular weight is 252 g/mol. The van der Waals surface area contributed by atoms with Gasteiger partial charge in [-0.2, -0.15) is 0 Å². The number of aliphatic hydroxyl groups excluding tert-OH is 2. The fourth-order valence-corrected chi connectivity index (χ4v) is 1.56. The molecule has 1 aromatic heterocycles. The summed E-state index contributed by atoms with van der Waals surface area (Å²) in [6.07, 6.45) is -3.53. The van der Waals surface area contributed by atoms with Crippen LogP contribution in [0.5, 0.6) is 5.75 Å². The molecule has 0 fully saturated rings. The summed E-state index contributed by atoms with van der Waals surface area (Å²) in [7, 11) is 1.52. The molecule has 0 saturated carbocycles. The van der Waals surface area contributed by atoms with Gasteiger partial charge in [0.15, 0.2) is 6.10 Å². The second-order valence-electron chi connectivity index (χ2n) is 3.73. The number of imidazole rings is 1. The summed E-state index contributed by atoms with van der Waals surface area (Å²) in [4.78, 5) is 17.3. The second-order valence-corrected chi connectivity index (χ2v) is 3.73. The minimum atomic E-state index is -1.92. The summed E-state index contributed by atoms with van der Waals surface area (Å²) in [5.41, 5.74) is 1.13. The van der Waals surface area contributed by atoms with Crippen molar-refractivity contribution in [2.24, 2.45) is 0 Å². The van der Waals surface area contributed by atoms with E-state index in [9.17, 15) is 15.0 Å². The molecule has 0 radical (unpaired) electrons. The van der Waals surface area contributed by atoms with Crippen LogP contribution in [-0.2, 0) is 4.79 Å². The maximum atomic E-state index is 10.6. The third-order valence-electron chi connectivity index (χ3n) is 2.54. The number of ether oxygens (including phenoxy) is 1. The Morgan fingerprint density at radius 3 is 2.78 bits per heavy atom. The van der Waals surface area contributed by atoms with Crippen molar-refractivity contribution in [3.8, 4) is 5.75 Å². The number of nitrogens with zero attached hydrogens (tertiary/aromatic N) is 1. The van der Waals surface area contributed by atoms with Crippen LogP contribution in [-0.4, -0.2) is 44.5 Å². The Labute approximate surface area is 102 Å². The predicted octanol–water partition coefficient (Wildman–Crippen LogP) is 0.0504. The molecule has 1 heterocycles. The number of aromatic amines is 1. The zero-order valence-corrected chi connectivity index (χ0v) is 9.49. The highest BCUT2D eigenvalue weighted by atomic mass is 16.5. The van der Waals surface area contributed by atoms with Crippen LogP contribution in [0.15, 0.2) is 18.2 Å². The lowest BCUT2D eigenvalue weighted by molar-refractivity contribution is -0.153. The number of rotatable bonds is 4. The standard InChI is InChI=1S/C11H12N2O5/c1-18-5-2-3-6-7(4-5)13-10(12-6)8(14)9(15)11(16)17/h2-4,8-9,14-15H,1H3,(H,12,13)(H,16,17). The van der Waals surface area contributed by atoms with Crippen molar-refractivity contribution in [3.05, 3.63) is 24.0 Å². The number of carbonyl (C=O) groups is 1. The average Bonchev–Trinajstić information content (AvgIpc) is 2.79. The number of fused-ring (bicyclic) bond motifs is 1. The first-order chi connectivity index (χ1) is 8.52. The molecule has 2 aromatic rings. The Bertz CT molecular complexity index is 580. The molecular formula is C11H12N2O5. The fourth-order valence-electron chi connectivity index (χ4n) is 1.56. The highest BCUT2D eigenvalue weighted by Crippen LogP contribution is 2.22. The predicted molar refractivity (Wildman–Crippen MR) is 61.2 cm³/mol. The zero-order valence-electron chi connectivity index (χ0n) is 9.49. The molecule has 0 aliphatic heterocycles. The van der Waals surface area contributed by atoms with E-state index in [2.05, 4.69) is 9.97 Å². The van der Waals surface area contributed by atoms with Crippen LogP contribution < -0.4 is 4.74 Å². The summed E-state index contributed by atoms with van der Waals surface area (Å²) in [5.74, 6) is -0.917. The summed E-state index contributed by atoms with van der Waals surface area (Å²) in [6, 6.07) is 5.01. The molecule has 2 rings (SSSR count). The number of aliphatic hydroxyl groups is 2. The monoisotopic (exact) mass is 252 g/mol. The van der Waals surface area contributed by atoms with Crippen LogP contribution in [0.25, 0.3) is 11.0 Å². The summed E-state index contributed by atoms with van der Waals surface area (Å²) >= 11 is 0. The first-order valence-electron chi connectivity index (χ1n) is 5.15. The third-order valence-corrected chi connectivity index (χ3v) is 2.54. The van der Waals surface area contributed by atoms with Gasteiger partial charge in [0.25, 0.3) is 0 Å². The molecule has 4 N–H and O–H groups in total. The van der Waals surface area contributed by atoms with E-state index in [1.807, 2.05) is 0 Å². The number of methoxy groups -OCH3 is 1. The molecule has 7 heteroatoms. The van der Waals surface area contributed by atoms with E-state index in [-0.39, 0.29) is 5.82 Å². The smallest absolute Gasteiger partial charge is 0.335 e. The maximum Gasteiger partial charge on any atom is 0.335 e. The van der Waals surface area contributed by atoms with Crippen LogP contribution in [0.2, 0.25) is 0 Å². The van der Waals surface area contributed by atoms with Gasteiger partial charge in [0.2, 0.25) is 0 Å². The van der Waals surface area contributed by atoms with Crippen molar-refractivity contribution < 1.29 is 24.9 Å². The largest absolute Gasteiger partial charge is 0.497 e. The number of aliphatic carboxylic acids is 1. The van der Waals surface area contributed by atoms with E-state index in [1.54, 1.807) is 18.2 Å². The van der Waals surface area contributed by atoms with Gasteiger partial charge >= 0.3 is 5.97 Å². The second kappa shape index (κ2) is 4.63. The third kappa shape index (κ3) is 2.13. The Morgan fingerprint density at radius 1 is 1.44 bits per heavy atom. The van der Waals surface area contributed by atoms with Gasteiger partial charge in [-0.05, 0) is 12.1 Å². The molecular weight excluding hydrogens is 240 g/mol. The number of carboxylic acid groups (broad SMARTS) is 1. The van der Waals surface area contributed by atoms with Gasteiger partial charge in [-0.25, -0.2) is 9.78 Å². The molecule has 0 amide bonds. The molecule has 96 valence electrons.